The number of benzene rings is 1. The number of pyridine rings is 1. The summed E-state index contributed by atoms with van der Waals surface area (Å²) in [5.41, 5.74) is 6.16. The van der Waals surface area contributed by atoms with Crippen molar-refractivity contribution in [2.45, 2.75) is 39.0 Å². The number of likely N-dealkylation sites (tertiary alicyclic amines) is 1. The zero-order chi connectivity index (χ0) is 27.6. The second-order valence-electron chi connectivity index (χ2n) is 9.95. The molecule has 4 aromatic rings. The number of amides is 3. The van der Waals surface area contributed by atoms with Crippen molar-refractivity contribution in [3.63, 3.8) is 0 Å². The van der Waals surface area contributed by atoms with Crippen molar-refractivity contribution in [1.29, 1.82) is 0 Å². The lowest BCUT2D eigenvalue weighted by Gasteiger charge is -2.15. The Morgan fingerprint density at radius 2 is 1.95 bits per heavy atom. The fourth-order valence-corrected chi connectivity index (χ4v) is 6.38. The van der Waals surface area contributed by atoms with Gasteiger partial charge in [0.05, 0.1) is 27.6 Å². The topological polar surface area (TPSA) is 122 Å². The van der Waals surface area contributed by atoms with E-state index in [0.717, 1.165) is 71.0 Å². The van der Waals surface area contributed by atoms with Crippen molar-refractivity contribution in [3.8, 4) is 27.5 Å². The summed E-state index contributed by atoms with van der Waals surface area (Å²) in [5, 5.41) is 11.4. The van der Waals surface area contributed by atoms with Crippen molar-refractivity contribution in [2.24, 2.45) is 0 Å². The Hall–Kier alpha value is -4.38. The van der Waals surface area contributed by atoms with Crippen LogP contribution < -0.4 is 10.6 Å². The SMILES string of the molecule is CC(=O)Nc1nc2c(s1)-c1c(c(-c3cccnc3)nn1-c1ccc(C(=O)NCCCN3CCCC3=O)cc1)CC2. The number of carbonyl (C=O) groups excluding carboxylic acids is 3. The lowest BCUT2D eigenvalue weighted by atomic mass is 9.95. The fourth-order valence-electron chi connectivity index (χ4n) is 5.26. The van der Waals surface area contributed by atoms with E-state index in [9.17, 15) is 14.4 Å². The fraction of sp³-hybridized carbons (Fsp3) is 0.310. The van der Waals surface area contributed by atoms with E-state index in [1.807, 2.05) is 40.0 Å². The summed E-state index contributed by atoms with van der Waals surface area (Å²) in [6.45, 7) is 3.47. The number of hydrogen-bond acceptors (Lipinski definition) is 7. The largest absolute Gasteiger partial charge is 0.352 e. The van der Waals surface area contributed by atoms with Gasteiger partial charge in [0.15, 0.2) is 5.13 Å². The molecule has 1 saturated heterocycles. The minimum absolute atomic E-state index is 0.150. The molecular weight excluding hydrogens is 526 g/mol. The molecule has 2 aliphatic rings. The highest BCUT2D eigenvalue weighted by Gasteiger charge is 2.30. The van der Waals surface area contributed by atoms with Crippen molar-refractivity contribution in [3.05, 3.63) is 65.6 Å². The van der Waals surface area contributed by atoms with Gasteiger partial charge >= 0.3 is 0 Å². The highest BCUT2D eigenvalue weighted by atomic mass is 32.1. The van der Waals surface area contributed by atoms with Gasteiger partial charge in [0.2, 0.25) is 11.8 Å². The molecule has 3 aromatic heterocycles. The zero-order valence-electron chi connectivity index (χ0n) is 22.1. The number of rotatable bonds is 8. The molecule has 1 aliphatic heterocycles. The Balaban J connectivity index is 1.26. The molecule has 2 N–H and O–H groups in total. The van der Waals surface area contributed by atoms with Crippen LogP contribution in [0.15, 0.2) is 48.8 Å². The summed E-state index contributed by atoms with van der Waals surface area (Å²) in [5.74, 6) is -0.108. The monoisotopic (exact) mass is 555 g/mol. The molecule has 11 heteroatoms. The van der Waals surface area contributed by atoms with Crippen LogP contribution in [0.3, 0.4) is 0 Å². The van der Waals surface area contributed by atoms with E-state index in [-0.39, 0.29) is 17.7 Å². The maximum absolute atomic E-state index is 12.8. The van der Waals surface area contributed by atoms with Crippen molar-refractivity contribution in [2.75, 3.05) is 25.0 Å². The van der Waals surface area contributed by atoms with E-state index in [1.54, 1.807) is 18.3 Å². The number of thiazole rings is 1. The summed E-state index contributed by atoms with van der Waals surface area (Å²) >= 11 is 1.44. The summed E-state index contributed by atoms with van der Waals surface area (Å²) in [7, 11) is 0. The molecule has 4 heterocycles. The van der Waals surface area contributed by atoms with Gasteiger partial charge in [-0.1, -0.05) is 11.3 Å². The Morgan fingerprint density at radius 3 is 2.67 bits per heavy atom. The van der Waals surface area contributed by atoms with E-state index in [1.165, 1.54) is 18.3 Å². The Morgan fingerprint density at radius 1 is 1.10 bits per heavy atom. The molecule has 3 amide bonds. The van der Waals surface area contributed by atoms with E-state index in [2.05, 4.69) is 20.6 Å². The van der Waals surface area contributed by atoms with Gasteiger partial charge in [-0.25, -0.2) is 9.67 Å². The van der Waals surface area contributed by atoms with Gasteiger partial charge < -0.3 is 15.5 Å². The van der Waals surface area contributed by atoms with Gasteiger partial charge in [0, 0.05) is 62.1 Å². The highest BCUT2D eigenvalue weighted by molar-refractivity contribution is 7.19. The first-order valence-corrected chi connectivity index (χ1v) is 14.3. The average Bonchev–Trinajstić information content (AvgIpc) is 3.67. The number of nitrogens with zero attached hydrogens (tertiary/aromatic N) is 5. The van der Waals surface area contributed by atoms with Crippen molar-refractivity contribution in [1.82, 2.24) is 30.0 Å². The molecule has 0 spiro atoms. The van der Waals surface area contributed by atoms with Crippen LogP contribution in [-0.4, -0.2) is 62.0 Å². The third kappa shape index (κ3) is 5.12. The third-order valence-corrected chi connectivity index (χ3v) is 8.18. The number of anilines is 1. The summed E-state index contributed by atoms with van der Waals surface area (Å²) in [4.78, 5) is 48.0. The molecular formula is C29H29N7O3S. The lowest BCUT2D eigenvalue weighted by Crippen LogP contribution is -2.30. The van der Waals surface area contributed by atoms with Crippen LogP contribution in [0.25, 0.3) is 27.5 Å². The molecule has 0 atom stereocenters. The van der Waals surface area contributed by atoms with Gasteiger partial charge in [0.1, 0.15) is 0 Å². The highest BCUT2D eigenvalue weighted by Crippen LogP contribution is 2.44. The van der Waals surface area contributed by atoms with Gasteiger partial charge in [-0.3, -0.25) is 19.4 Å². The number of nitrogens with one attached hydrogen (secondary N) is 2. The minimum Gasteiger partial charge on any atom is -0.352 e. The quantitative estimate of drug-likeness (QED) is 0.319. The normalized spacial score (nSPS) is 14.1. The van der Waals surface area contributed by atoms with Crippen molar-refractivity contribution >= 4 is 34.2 Å². The molecule has 1 aliphatic carbocycles. The number of aryl methyl sites for hydroxylation is 1. The maximum Gasteiger partial charge on any atom is 0.251 e. The number of hydrogen-bond donors (Lipinski definition) is 2. The molecule has 10 nitrogen and oxygen atoms in total. The number of fused-ring (bicyclic) bond motifs is 3. The van der Waals surface area contributed by atoms with Crippen LogP contribution in [0, 0.1) is 0 Å². The molecule has 0 bridgehead atoms. The molecule has 6 rings (SSSR count). The smallest absolute Gasteiger partial charge is 0.251 e. The maximum atomic E-state index is 12.8. The van der Waals surface area contributed by atoms with Crippen LogP contribution >= 0.6 is 11.3 Å². The first-order chi connectivity index (χ1) is 19.5. The van der Waals surface area contributed by atoms with Crippen LogP contribution in [0.2, 0.25) is 0 Å². The van der Waals surface area contributed by atoms with E-state index in [4.69, 9.17) is 5.10 Å². The van der Waals surface area contributed by atoms with E-state index < -0.39 is 0 Å². The van der Waals surface area contributed by atoms with Gasteiger partial charge in [-0.05, 0) is 62.1 Å². The zero-order valence-corrected chi connectivity index (χ0v) is 23.0. The van der Waals surface area contributed by atoms with Crippen LogP contribution in [0.5, 0.6) is 0 Å². The van der Waals surface area contributed by atoms with Crippen LogP contribution in [0.1, 0.15) is 47.8 Å². The summed E-state index contributed by atoms with van der Waals surface area (Å²) in [6.07, 6.45) is 7.34. The first kappa shape index (κ1) is 25.9. The van der Waals surface area contributed by atoms with Gasteiger partial charge in [-0.15, -0.1) is 0 Å². The second kappa shape index (κ2) is 11.0. The Kier molecular flexibility index (Phi) is 7.12. The Bertz CT molecular complexity index is 1580. The van der Waals surface area contributed by atoms with E-state index in [0.29, 0.717) is 30.2 Å². The molecule has 0 saturated carbocycles. The van der Waals surface area contributed by atoms with Crippen molar-refractivity contribution < 1.29 is 14.4 Å². The standard InChI is InChI=1S/C29H29N7O3S/c1-18(37)32-29-33-23-12-11-22-25(20-5-2-13-30-17-20)34-36(26(22)27(23)40-29)21-9-7-19(8-10-21)28(39)31-14-4-16-35-15-3-6-24(35)38/h2,5,7-10,13,17H,3-4,6,11-12,14-16H2,1H3,(H,31,39)(H,32,33,37). The van der Waals surface area contributed by atoms with Gasteiger partial charge in [-0.2, -0.15) is 5.10 Å². The predicted molar refractivity (Wildman–Crippen MR) is 152 cm³/mol. The molecule has 1 fully saturated rings. The Labute approximate surface area is 235 Å². The average molecular weight is 556 g/mol. The third-order valence-electron chi connectivity index (χ3n) is 7.16. The lowest BCUT2D eigenvalue weighted by molar-refractivity contribution is -0.127. The summed E-state index contributed by atoms with van der Waals surface area (Å²) < 4.78 is 1.90. The molecule has 0 unspecified atom stereocenters. The van der Waals surface area contributed by atoms with Gasteiger partial charge in [0.25, 0.3) is 5.91 Å². The number of carbonyl (C=O) groups is 3. The summed E-state index contributed by atoms with van der Waals surface area (Å²) in [6, 6.07) is 11.3. The molecule has 0 radical (unpaired) electrons. The minimum atomic E-state index is -0.158. The van der Waals surface area contributed by atoms with Crippen LogP contribution in [-0.2, 0) is 22.4 Å². The van der Waals surface area contributed by atoms with E-state index >= 15 is 0 Å². The van der Waals surface area contributed by atoms with Crippen LogP contribution in [0.4, 0.5) is 5.13 Å². The number of aromatic nitrogens is 4. The molecule has 204 valence electrons. The molecule has 1 aromatic carbocycles. The predicted octanol–water partition coefficient (Wildman–Crippen LogP) is 3.86. The second-order valence-corrected chi connectivity index (χ2v) is 10.9. The molecule has 40 heavy (non-hydrogen) atoms. The first-order valence-electron chi connectivity index (χ1n) is 13.4.